The third kappa shape index (κ3) is 2.70. The molecule has 2 unspecified atom stereocenters. The Bertz CT molecular complexity index is 65.3. The van der Waals surface area contributed by atoms with Crippen LogP contribution in [0.25, 0.3) is 0 Å². The quantitative estimate of drug-likeness (QED) is 0.547. The van der Waals surface area contributed by atoms with Crippen LogP contribution in [0.1, 0.15) is 32.6 Å². The van der Waals surface area contributed by atoms with Crippen LogP contribution in [-0.4, -0.2) is 11.2 Å². The van der Waals surface area contributed by atoms with Gasteiger partial charge in [-0.15, -0.1) is 0 Å². The second kappa shape index (κ2) is 4.32. The van der Waals surface area contributed by atoms with Crippen molar-refractivity contribution in [1.82, 2.24) is 0 Å². The Morgan fingerprint density at radius 3 is 2.11 bits per heavy atom. The molecule has 1 rings (SSSR count). The van der Waals surface area contributed by atoms with Crippen molar-refractivity contribution in [3.05, 3.63) is 0 Å². The van der Waals surface area contributed by atoms with E-state index in [1.54, 1.807) is 0 Å². The van der Waals surface area contributed by atoms with E-state index in [1.807, 2.05) is 0 Å². The number of aliphatic hydroxyl groups is 1. The molecule has 1 N–H and O–H groups in total. The van der Waals surface area contributed by atoms with E-state index in [4.69, 9.17) is 0 Å². The Morgan fingerprint density at radius 1 is 1.22 bits per heavy atom. The van der Waals surface area contributed by atoms with Crippen molar-refractivity contribution < 1.29 is 22.2 Å². The van der Waals surface area contributed by atoms with Crippen molar-refractivity contribution in [2.24, 2.45) is 5.92 Å². The summed E-state index contributed by atoms with van der Waals surface area (Å²) in [5.74, 6) is 0.559. The molecule has 1 saturated carbocycles. The van der Waals surface area contributed by atoms with Gasteiger partial charge in [-0.1, -0.05) is 19.8 Å². The number of aliphatic hydroxyl groups excluding tert-OH is 1. The normalized spacial score (nSPS) is 35.3. The van der Waals surface area contributed by atoms with E-state index in [0.29, 0.717) is 5.92 Å². The molecule has 0 spiro atoms. The molecule has 2 atom stereocenters. The predicted molar refractivity (Wildman–Crippen MR) is 33.6 cm³/mol. The van der Waals surface area contributed by atoms with Gasteiger partial charge in [0, 0.05) is 17.1 Å². The summed E-state index contributed by atoms with van der Waals surface area (Å²) in [5.41, 5.74) is 0. The molecule has 0 radical (unpaired) electrons. The Hall–Kier alpha value is 0.479. The van der Waals surface area contributed by atoms with Crippen LogP contribution >= 0.6 is 0 Å². The minimum Gasteiger partial charge on any atom is -0.393 e. The fourth-order valence-electron chi connectivity index (χ4n) is 1.30. The van der Waals surface area contributed by atoms with E-state index in [-0.39, 0.29) is 23.2 Å². The fourth-order valence-corrected chi connectivity index (χ4v) is 1.30. The maximum atomic E-state index is 9.18. The van der Waals surface area contributed by atoms with Crippen LogP contribution in [0.2, 0.25) is 0 Å². The molecule has 9 heavy (non-hydrogen) atoms. The number of hydrogen-bond donors (Lipinski definition) is 1. The number of hydrogen-bond acceptors (Lipinski definition) is 1. The van der Waals surface area contributed by atoms with E-state index in [0.717, 1.165) is 6.42 Å². The Kier molecular flexibility index (Phi) is 4.55. The summed E-state index contributed by atoms with van der Waals surface area (Å²) in [4.78, 5) is 0. The van der Waals surface area contributed by atoms with Gasteiger partial charge in [0.25, 0.3) is 0 Å². The van der Waals surface area contributed by atoms with E-state index < -0.39 is 0 Å². The van der Waals surface area contributed by atoms with E-state index in [9.17, 15) is 5.11 Å². The molecule has 1 aliphatic carbocycles. The van der Waals surface area contributed by atoms with Crippen molar-refractivity contribution in [2.75, 3.05) is 0 Å². The first-order valence-corrected chi connectivity index (χ1v) is 3.49. The van der Waals surface area contributed by atoms with Crippen molar-refractivity contribution in [2.45, 2.75) is 38.7 Å². The largest absolute Gasteiger partial charge is 0.393 e. The zero-order valence-electron chi connectivity index (χ0n) is 5.78. The van der Waals surface area contributed by atoms with E-state index in [2.05, 4.69) is 6.92 Å². The zero-order valence-corrected chi connectivity index (χ0v) is 6.89. The molecule has 1 nitrogen and oxygen atoms in total. The molecule has 0 aromatic carbocycles. The molecule has 0 amide bonds. The smallest absolute Gasteiger partial charge is 0.0565 e. The minimum absolute atomic E-state index is 0. The second-order valence-electron chi connectivity index (χ2n) is 2.83. The molecule has 0 aromatic rings. The molecule has 0 bridgehead atoms. The van der Waals surface area contributed by atoms with Crippen LogP contribution < -0.4 is 0 Å². The van der Waals surface area contributed by atoms with Gasteiger partial charge in [0.15, 0.2) is 0 Å². The molecule has 0 heterocycles. The topological polar surface area (TPSA) is 20.2 Å². The van der Waals surface area contributed by atoms with Gasteiger partial charge in [0.05, 0.1) is 6.10 Å². The van der Waals surface area contributed by atoms with Gasteiger partial charge in [-0.25, -0.2) is 0 Å². The summed E-state index contributed by atoms with van der Waals surface area (Å²) in [7, 11) is 0. The standard InChI is InChI=1S/C7H14O.Fe/c1-6-4-2-3-5-7(6)8;/h6-8H,2-5H2,1H3;. The first-order chi connectivity index (χ1) is 3.80. The molecule has 0 aliphatic heterocycles. The maximum absolute atomic E-state index is 9.18. The Labute approximate surface area is 67.3 Å². The van der Waals surface area contributed by atoms with Crippen molar-refractivity contribution in [3.8, 4) is 0 Å². The molecule has 56 valence electrons. The summed E-state index contributed by atoms with van der Waals surface area (Å²) >= 11 is 0. The molecule has 1 fully saturated rings. The van der Waals surface area contributed by atoms with Crippen LogP contribution in [0.4, 0.5) is 0 Å². The van der Waals surface area contributed by atoms with Crippen LogP contribution in [0, 0.1) is 5.92 Å². The molecule has 2 heteroatoms. The average molecular weight is 170 g/mol. The average Bonchev–Trinajstić information content (AvgIpc) is 1.77. The third-order valence-electron chi connectivity index (χ3n) is 2.07. The maximum Gasteiger partial charge on any atom is 0.0565 e. The van der Waals surface area contributed by atoms with Crippen LogP contribution in [0.15, 0.2) is 0 Å². The van der Waals surface area contributed by atoms with Crippen LogP contribution in [0.5, 0.6) is 0 Å². The van der Waals surface area contributed by atoms with Gasteiger partial charge in [0.2, 0.25) is 0 Å². The zero-order chi connectivity index (χ0) is 5.98. The fraction of sp³-hybridized carbons (Fsp3) is 1.00. The first kappa shape index (κ1) is 9.48. The van der Waals surface area contributed by atoms with E-state index >= 15 is 0 Å². The Morgan fingerprint density at radius 2 is 1.78 bits per heavy atom. The van der Waals surface area contributed by atoms with Crippen LogP contribution in [-0.2, 0) is 17.1 Å². The van der Waals surface area contributed by atoms with Gasteiger partial charge in [0.1, 0.15) is 0 Å². The second-order valence-corrected chi connectivity index (χ2v) is 2.83. The Balaban J connectivity index is 0.000000640. The molecular formula is C7H14FeO. The van der Waals surface area contributed by atoms with Crippen LogP contribution in [0.3, 0.4) is 0 Å². The minimum atomic E-state index is 0. The SMILES string of the molecule is CC1CCCCC1O.[Fe]. The molecule has 1 aliphatic rings. The van der Waals surface area contributed by atoms with E-state index in [1.165, 1.54) is 19.3 Å². The first-order valence-electron chi connectivity index (χ1n) is 3.49. The van der Waals surface area contributed by atoms with Crippen molar-refractivity contribution in [3.63, 3.8) is 0 Å². The predicted octanol–water partition coefficient (Wildman–Crippen LogP) is 1.55. The molecule has 0 saturated heterocycles. The van der Waals surface area contributed by atoms with Gasteiger partial charge < -0.3 is 5.11 Å². The monoisotopic (exact) mass is 170 g/mol. The summed E-state index contributed by atoms with van der Waals surface area (Å²) in [5, 5.41) is 9.18. The molecular weight excluding hydrogens is 156 g/mol. The van der Waals surface area contributed by atoms with Gasteiger partial charge >= 0.3 is 0 Å². The van der Waals surface area contributed by atoms with Crippen molar-refractivity contribution >= 4 is 0 Å². The van der Waals surface area contributed by atoms with Gasteiger partial charge in [-0.2, -0.15) is 0 Å². The molecule has 0 aromatic heterocycles. The van der Waals surface area contributed by atoms with Gasteiger partial charge in [-0.3, -0.25) is 0 Å². The summed E-state index contributed by atoms with van der Waals surface area (Å²) < 4.78 is 0. The van der Waals surface area contributed by atoms with Crippen molar-refractivity contribution in [1.29, 1.82) is 0 Å². The third-order valence-corrected chi connectivity index (χ3v) is 2.07. The summed E-state index contributed by atoms with van der Waals surface area (Å²) in [6.07, 6.45) is 4.80. The summed E-state index contributed by atoms with van der Waals surface area (Å²) in [6.45, 7) is 2.13. The summed E-state index contributed by atoms with van der Waals surface area (Å²) in [6, 6.07) is 0. The van der Waals surface area contributed by atoms with Gasteiger partial charge in [-0.05, 0) is 18.8 Å². The number of rotatable bonds is 0.